The molecule has 0 saturated heterocycles. The zero-order chi connectivity index (χ0) is 42.7. The van der Waals surface area contributed by atoms with Crippen LogP contribution in [0.2, 0.25) is 0 Å². The Balaban J connectivity index is 1.25. The van der Waals surface area contributed by atoms with E-state index in [9.17, 15) is 21.0 Å². The van der Waals surface area contributed by atoms with Crippen molar-refractivity contribution in [2.45, 2.75) is 5.41 Å². The van der Waals surface area contributed by atoms with E-state index in [0.717, 1.165) is 67.2 Å². The van der Waals surface area contributed by atoms with Gasteiger partial charge in [-0.25, -0.2) is 0 Å². The van der Waals surface area contributed by atoms with Crippen LogP contribution in [0.3, 0.4) is 0 Å². The SMILES string of the molecule is N#Cc1ccc(N(c2ccc3c(c2)C2(c4ccccc4-c4ccccc42)c2cccc4c(N(c5ccc(C#N)cc5)c5ccccc5C#N)ccc-3c24)c2ccccc2C#N)cc1. The van der Waals surface area contributed by atoms with Crippen molar-refractivity contribution < 1.29 is 0 Å². The Bertz CT molecular complexity index is 3480. The van der Waals surface area contributed by atoms with Crippen molar-refractivity contribution in [2.24, 2.45) is 0 Å². The van der Waals surface area contributed by atoms with E-state index in [1.165, 1.54) is 22.3 Å². The lowest BCUT2D eigenvalue weighted by molar-refractivity contribution is 0.773. The highest BCUT2D eigenvalue weighted by atomic mass is 15.2. The summed E-state index contributed by atoms with van der Waals surface area (Å²) in [5, 5.41) is 42.4. The molecule has 2 aliphatic carbocycles. The molecule has 2 aliphatic rings. The lowest BCUT2D eigenvalue weighted by Gasteiger charge is -2.41. The predicted molar refractivity (Wildman–Crippen MR) is 248 cm³/mol. The van der Waals surface area contributed by atoms with Crippen molar-refractivity contribution in [3.05, 3.63) is 239 Å². The van der Waals surface area contributed by atoms with Crippen LogP contribution < -0.4 is 9.80 Å². The van der Waals surface area contributed by atoms with E-state index < -0.39 is 5.41 Å². The second-order valence-electron chi connectivity index (χ2n) is 15.7. The average molecular weight is 801 g/mol. The summed E-state index contributed by atoms with van der Waals surface area (Å²) in [6, 6.07) is 74.6. The molecule has 0 saturated carbocycles. The van der Waals surface area contributed by atoms with Crippen LogP contribution in [0.5, 0.6) is 0 Å². The third-order valence-corrected chi connectivity index (χ3v) is 12.6. The lowest BCUT2D eigenvalue weighted by atomic mass is 9.61. The summed E-state index contributed by atoms with van der Waals surface area (Å²) in [5.41, 5.74) is 15.4. The molecule has 6 heteroatoms. The van der Waals surface area contributed by atoms with E-state index in [4.69, 9.17) is 0 Å². The van der Waals surface area contributed by atoms with E-state index in [-0.39, 0.29) is 0 Å². The third-order valence-electron chi connectivity index (χ3n) is 12.6. The van der Waals surface area contributed by atoms with Crippen LogP contribution in [0.1, 0.15) is 44.5 Å². The average Bonchev–Trinajstić information content (AvgIpc) is 3.65. The summed E-state index contributed by atoms with van der Waals surface area (Å²) in [6.07, 6.45) is 0. The van der Waals surface area contributed by atoms with Crippen LogP contribution in [0.4, 0.5) is 34.1 Å². The minimum atomic E-state index is -0.765. The predicted octanol–water partition coefficient (Wildman–Crippen LogP) is 13.6. The summed E-state index contributed by atoms with van der Waals surface area (Å²) in [5.74, 6) is 0. The van der Waals surface area contributed by atoms with E-state index in [1.54, 1.807) is 0 Å². The van der Waals surface area contributed by atoms with Crippen molar-refractivity contribution in [2.75, 3.05) is 9.80 Å². The molecule has 6 nitrogen and oxygen atoms in total. The van der Waals surface area contributed by atoms with Gasteiger partial charge < -0.3 is 9.80 Å². The molecular formula is C57H32N6. The maximum absolute atomic E-state index is 10.4. The highest BCUT2D eigenvalue weighted by molar-refractivity contribution is 6.13. The Morgan fingerprint density at radius 2 is 0.810 bits per heavy atom. The molecule has 0 amide bonds. The molecule has 0 fully saturated rings. The first-order valence-electron chi connectivity index (χ1n) is 20.6. The zero-order valence-electron chi connectivity index (χ0n) is 33.7. The van der Waals surface area contributed by atoms with Gasteiger partial charge in [0.15, 0.2) is 0 Å². The molecule has 1 spiro atoms. The molecule has 290 valence electrons. The molecule has 0 radical (unpaired) electrons. The van der Waals surface area contributed by atoms with Gasteiger partial charge in [0, 0.05) is 22.4 Å². The van der Waals surface area contributed by atoms with Gasteiger partial charge in [0.1, 0.15) is 12.1 Å². The molecule has 11 rings (SSSR count). The normalized spacial score (nSPS) is 12.2. The number of hydrogen-bond acceptors (Lipinski definition) is 6. The van der Waals surface area contributed by atoms with Crippen molar-refractivity contribution in [3.8, 4) is 46.5 Å². The van der Waals surface area contributed by atoms with Gasteiger partial charge in [-0.1, -0.05) is 103 Å². The van der Waals surface area contributed by atoms with Crippen LogP contribution in [0, 0.1) is 45.3 Å². The second kappa shape index (κ2) is 14.5. The smallest absolute Gasteiger partial charge is 0.101 e. The van der Waals surface area contributed by atoms with Crippen LogP contribution in [0.25, 0.3) is 33.0 Å². The van der Waals surface area contributed by atoms with Gasteiger partial charge in [0.25, 0.3) is 0 Å². The van der Waals surface area contributed by atoms with Crippen molar-refractivity contribution in [1.82, 2.24) is 0 Å². The van der Waals surface area contributed by atoms with Crippen molar-refractivity contribution >= 4 is 44.9 Å². The minimum absolute atomic E-state index is 0.526. The van der Waals surface area contributed by atoms with Gasteiger partial charge in [-0.3, -0.25) is 0 Å². The summed E-state index contributed by atoms with van der Waals surface area (Å²) >= 11 is 0. The Morgan fingerprint density at radius 1 is 0.333 bits per heavy atom. The van der Waals surface area contributed by atoms with E-state index in [1.807, 2.05) is 97.1 Å². The van der Waals surface area contributed by atoms with Crippen LogP contribution in [-0.4, -0.2) is 0 Å². The minimum Gasteiger partial charge on any atom is -0.309 e. The maximum Gasteiger partial charge on any atom is 0.101 e. The Hall–Kier alpha value is -9.20. The monoisotopic (exact) mass is 800 g/mol. The number of nitrogens with zero attached hydrogens (tertiary/aromatic N) is 6. The lowest BCUT2D eigenvalue weighted by Crippen LogP contribution is -2.32. The highest BCUT2D eigenvalue weighted by Gasteiger charge is 2.50. The maximum atomic E-state index is 10.4. The number of nitriles is 4. The van der Waals surface area contributed by atoms with Gasteiger partial charge >= 0.3 is 0 Å². The quantitative estimate of drug-likeness (QED) is 0.166. The second-order valence-corrected chi connectivity index (χ2v) is 15.7. The standard InChI is InChI=1S/C57H32N6/c58-33-37-20-24-41(25-21-37)62(53-18-7-1-10-39(53)35-60)43-28-29-46-47-30-31-55(63(42-26-22-38(34-59)23-27-42)54-19-8-2-11-40(54)36-61)48-14-9-17-51(56(47)48)57(52(46)32-43)49-15-5-3-12-44(49)45-13-4-6-16-50(45)57/h1-32H. The molecule has 0 bridgehead atoms. The fraction of sp³-hybridized carbons (Fsp3) is 0.0175. The Labute approximate surface area is 364 Å². The van der Waals surface area contributed by atoms with Gasteiger partial charge in [-0.05, 0) is 141 Å². The summed E-state index contributed by atoms with van der Waals surface area (Å²) in [4.78, 5) is 4.24. The van der Waals surface area contributed by atoms with E-state index in [0.29, 0.717) is 22.3 Å². The first-order chi connectivity index (χ1) is 31.1. The number of para-hydroxylation sites is 2. The Morgan fingerprint density at radius 3 is 1.40 bits per heavy atom. The third kappa shape index (κ3) is 5.40. The van der Waals surface area contributed by atoms with Gasteiger partial charge in [-0.15, -0.1) is 0 Å². The van der Waals surface area contributed by atoms with Crippen LogP contribution >= 0.6 is 0 Å². The van der Waals surface area contributed by atoms with Crippen molar-refractivity contribution in [1.29, 1.82) is 21.0 Å². The Kier molecular flexibility index (Phi) is 8.49. The van der Waals surface area contributed by atoms with Crippen LogP contribution in [0.15, 0.2) is 194 Å². The molecule has 63 heavy (non-hydrogen) atoms. The number of rotatable bonds is 6. The topological polar surface area (TPSA) is 102 Å². The molecule has 0 heterocycles. The van der Waals surface area contributed by atoms with E-state index >= 15 is 0 Å². The zero-order valence-corrected chi connectivity index (χ0v) is 33.7. The number of anilines is 6. The molecule has 9 aromatic rings. The fourth-order valence-corrected chi connectivity index (χ4v) is 10.0. The first kappa shape index (κ1) is 36.8. The van der Waals surface area contributed by atoms with Gasteiger partial charge in [-0.2, -0.15) is 21.0 Å². The molecule has 0 N–H and O–H groups in total. The van der Waals surface area contributed by atoms with Crippen LogP contribution in [-0.2, 0) is 5.41 Å². The first-order valence-corrected chi connectivity index (χ1v) is 20.6. The molecule has 0 aromatic heterocycles. The molecule has 0 atom stereocenters. The largest absolute Gasteiger partial charge is 0.309 e. The fourth-order valence-electron chi connectivity index (χ4n) is 10.0. The van der Waals surface area contributed by atoms with Gasteiger partial charge in [0.2, 0.25) is 0 Å². The molecular weight excluding hydrogens is 769 g/mol. The highest BCUT2D eigenvalue weighted by Crippen LogP contribution is 2.63. The van der Waals surface area contributed by atoms with E-state index in [2.05, 4.69) is 131 Å². The number of benzene rings is 9. The number of hydrogen-bond donors (Lipinski definition) is 0. The molecule has 0 aliphatic heterocycles. The summed E-state index contributed by atoms with van der Waals surface area (Å²) < 4.78 is 0. The van der Waals surface area contributed by atoms with Crippen molar-refractivity contribution in [3.63, 3.8) is 0 Å². The number of fused-ring (bicyclic) bond motifs is 9. The van der Waals surface area contributed by atoms with Gasteiger partial charge in [0.05, 0.1) is 56.9 Å². The molecule has 9 aromatic carbocycles. The summed E-state index contributed by atoms with van der Waals surface area (Å²) in [6.45, 7) is 0. The summed E-state index contributed by atoms with van der Waals surface area (Å²) in [7, 11) is 0. The molecule has 0 unspecified atom stereocenters.